The lowest BCUT2D eigenvalue weighted by molar-refractivity contribution is 0.261. The zero-order valence-corrected chi connectivity index (χ0v) is 22.1. The minimum absolute atomic E-state index is 0.0976. The predicted octanol–water partition coefficient (Wildman–Crippen LogP) is 6.15. The number of hydrogen-bond acceptors (Lipinski definition) is 5. The summed E-state index contributed by atoms with van der Waals surface area (Å²) in [5.74, 6) is 2.35. The van der Waals surface area contributed by atoms with Crippen LogP contribution in [0.3, 0.4) is 0 Å². The molecule has 0 bridgehead atoms. The van der Waals surface area contributed by atoms with Gasteiger partial charge in [-0.1, -0.05) is 44.5 Å². The number of ether oxygens (including phenoxy) is 1. The molecule has 1 aromatic heterocycles. The van der Waals surface area contributed by atoms with Gasteiger partial charge in [-0.05, 0) is 55.4 Å². The van der Waals surface area contributed by atoms with Crippen molar-refractivity contribution in [1.29, 1.82) is 0 Å². The Morgan fingerprint density at radius 1 is 1.06 bits per heavy atom. The number of nitrogens with zero attached hydrogens (tertiary/aromatic N) is 4. The number of methoxy groups -OCH3 is 1. The topological polar surface area (TPSA) is 61.5 Å². The summed E-state index contributed by atoms with van der Waals surface area (Å²) in [6, 6.07) is 13.5. The van der Waals surface area contributed by atoms with Gasteiger partial charge in [0.2, 0.25) is 0 Å². The molecule has 2 aromatic carbocycles. The van der Waals surface area contributed by atoms with E-state index in [-0.39, 0.29) is 11.1 Å². The zero-order valence-electron chi connectivity index (χ0n) is 20.3. The zero-order chi connectivity index (χ0) is 24.0. The van der Waals surface area contributed by atoms with E-state index < -0.39 is 8.32 Å². The molecule has 0 fully saturated rings. The number of hydrogen-bond donors (Lipinski definition) is 0. The highest BCUT2D eigenvalue weighted by Crippen LogP contribution is 2.39. The number of fused-ring (bicyclic) bond motifs is 3. The molecule has 1 aliphatic rings. The molecule has 0 N–H and O–H groups in total. The van der Waals surface area contributed by atoms with Crippen molar-refractivity contribution in [3.05, 3.63) is 70.3 Å². The van der Waals surface area contributed by atoms with Gasteiger partial charge >= 0.3 is 0 Å². The average molecular weight is 483 g/mol. The molecular weight excluding hydrogens is 452 g/mol. The third-order valence-electron chi connectivity index (χ3n) is 6.66. The van der Waals surface area contributed by atoms with E-state index in [4.69, 9.17) is 25.8 Å². The van der Waals surface area contributed by atoms with Crippen LogP contribution in [-0.4, -0.2) is 42.5 Å². The summed E-state index contributed by atoms with van der Waals surface area (Å²) >= 11 is 6.18. The Hall–Kier alpha value is -2.48. The van der Waals surface area contributed by atoms with Crippen LogP contribution in [0.2, 0.25) is 23.2 Å². The van der Waals surface area contributed by atoms with Crippen molar-refractivity contribution in [2.75, 3.05) is 13.7 Å². The third-order valence-corrected chi connectivity index (χ3v) is 11.4. The average Bonchev–Trinajstić information content (AvgIpc) is 3.08. The van der Waals surface area contributed by atoms with Crippen molar-refractivity contribution < 1.29 is 9.16 Å². The summed E-state index contributed by atoms with van der Waals surface area (Å²) in [7, 11) is -0.318. The van der Waals surface area contributed by atoms with Crippen LogP contribution in [0.25, 0.3) is 5.69 Å². The fraction of sp³-hybridized carbons (Fsp3) is 0.400. The number of rotatable bonds is 5. The molecule has 1 atom stereocenters. The molecule has 0 saturated heterocycles. The van der Waals surface area contributed by atoms with Gasteiger partial charge < -0.3 is 9.16 Å². The Labute approximate surface area is 201 Å². The molecular formula is C25H31ClN4O2Si. The summed E-state index contributed by atoms with van der Waals surface area (Å²) in [5.41, 5.74) is 3.75. The largest absolute Gasteiger partial charge is 0.497 e. The second kappa shape index (κ2) is 8.70. The van der Waals surface area contributed by atoms with Crippen LogP contribution in [-0.2, 0) is 4.43 Å². The number of benzene rings is 2. The van der Waals surface area contributed by atoms with Gasteiger partial charge in [-0.15, -0.1) is 10.2 Å². The van der Waals surface area contributed by atoms with Crippen molar-refractivity contribution in [3.63, 3.8) is 0 Å². The van der Waals surface area contributed by atoms with Gasteiger partial charge in [-0.2, -0.15) is 0 Å². The molecule has 4 rings (SSSR count). The first-order valence-corrected chi connectivity index (χ1v) is 14.4. The highest BCUT2D eigenvalue weighted by molar-refractivity contribution is 6.74. The molecule has 0 unspecified atom stereocenters. The van der Waals surface area contributed by atoms with Crippen LogP contribution < -0.4 is 4.74 Å². The Morgan fingerprint density at radius 3 is 2.39 bits per heavy atom. The lowest BCUT2D eigenvalue weighted by Crippen LogP contribution is -2.41. The third kappa shape index (κ3) is 4.49. The summed E-state index contributed by atoms with van der Waals surface area (Å²) < 4.78 is 14.2. The summed E-state index contributed by atoms with van der Waals surface area (Å²) in [6.45, 7) is 13.6. The fourth-order valence-electron chi connectivity index (χ4n) is 3.66. The smallest absolute Gasteiger partial charge is 0.192 e. The number of aromatic nitrogens is 3. The van der Waals surface area contributed by atoms with Gasteiger partial charge in [0.15, 0.2) is 14.1 Å². The van der Waals surface area contributed by atoms with E-state index in [1.165, 1.54) is 0 Å². The standard InChI is InChI=1S/C25H31ClN4O2Si/c1-16-28-29-24-21(15-32-33(6,7)25(2,3)4)27-23(17-8-10-18(26)11-9-17)20-14-19(31-5)12-13-22(20)30(16)24/h8-14,21H,15H2,1-7H3/t21-/m0/s1. The molecule has 6 nitrogen and oxygen atoms in total. The van der Waals surface area contributed by atoms with Gasteiger partial charge in [0.1, 0.15) is 17.6 Å². The highest BCUT2D eigenvalue weighted by atomic mass is 35.5. The molecule has 174 valence electrons. The van der Waals surface area contributed by atoms with E-state index in [1.54, 1.807) is 7.11 Å². The van der Waals surface area contributed by atoms with Crippen molar-refractivity contribution in [2.45, 2.75) is 51.9 Å². The summed E-state index contributed by atoms with van der Waals surface area (Å²) in [4.78, 5) is 5.22. The first-order chi connectivity index (χ1) is 15.5. The summed E-state index contributed by atoms with van der Waals surface area (Å²) in [5, 5.41) is 9.70. The normalized spacial score (nSPS) is 16.0. The van der Waals surface area contributed by atoms with Crippen LogP contribution in [0.15, 0.2) is 47.5 Å². The molecule has 0 aliphatic carbocycles. The second-order valence-corrected chi connectivity index (χ2v) is 15.1. The van der Waals surface area contributed by atoms with Crippen molar-refractivity contribution in [2.24, 2.45) is 4.99 Å². The van der Waals surface area contributed by atoms with E-state index >= 15 is 0 Å². The van der Waals surface area contributed by atoms with E-state index in [9.17, 15) is 0 Å². The fourth-order valence-corrected chi connectivity index (χ4v) is 4.79. The van der Waals surface area contributed by atoms with Crippen molar-refractivity contribution in [3.8, 4) is 11.4 Å². The van der Waals surface area contributed by atoms with Crippen molar-refractivity contribution in [1.82, 2.24) is 14.8 Å². The Bertz CT molecular complexity index is 1200. The van der Waals surface area contributed by atoms with E-state index in [2.05, 4.69) is 48.6 Å². The molecule has 8 heteroatoms. The molecule has 0 amide bonds. The highest BCUT2D eigenvalue weighted by Gasteiger charge is 2.39. The first-order valence-electron chi connectivity index (χ1n) is 11.1. The van der Waals surface area contributed by atoms with E-state index in [0.717, 1.165) is 39.9 Å². The molecule has 33 heavy (non-hydrogen) atoms. The van der Waals surface area contributed by atoms with Gasteiger partial charge in [0, 0.05) is 16.1 Å². The van der Waals surface area contributed by atoms with Gasteiger partial charge in [0.05, 0.1) is 25.1 Å². The molecule has 3 aromatic rings. The van der Waals surface area contributed by atoms with E-state index in [1.807, 2.05) is 49.4 Å². The maximum absolute atomic E-state index is 6.61. The predicted molar refractivity (Wildman–Crippen MR) is 136 cm³/mol. The lowest BCUT2D eigenvalue weighted by Gasteiger charge is -2.36. The van der Waals surface area contributed by atoms with Crippen LogP contribution in [0.1, 0.15) is 49.6 Å². The quantitative estimate of drug-likeness (QED) is 0.409. The SMILES string of the molecule is COc1ccc2c(c1)C(c1ccc(Cl)cc1)=N[C@@H](CO[Si](C)(C)C(C)(C)C)c1nnc(C)n1-2. The minimum Gasteiger partial charge on any atom is -0.497 e. The lowest BCUT2D eigenvalue weighted by atomic mass is 10.00. The number of aryl methyl sites for hydroxylation is 1. The molecule has 0 saturated carbocycles. The van der Waals surface area contributed by atoms with Gasteiger partial charge in [-0.25, -0.2) is 0 Å². The molecule has 1 aliphatic heterocycles. The molecule has 2 heterocycles. The van der Waals surface area contributed by atoms with Gasteiger partial charge in [-0.3, -0.25) is 9.56 Å². The number of halogens is 1. The monoisotopic (exact) mass is 482 g/mol. The van der Waals surface area contributed by atoms with Crippen LogP contribution in [0.5, 0.6) is 5.75 Å². The molecule has 0 radical (unpaired) electrons. The van der Waals surface area contributed by atoms with Gasteiger partial charge in [0.25, 0.3) is 0 Å². The Balaban J connectivity index is 1.89. The van der Waals surface area contributed by atoms with E-state index in [0.29, 0.717) is 11.6 Å². The van der Waals surface area contributed by atoms with Crippen LogP contribution >= 0.6 is 11.6 Å². The van der Waals surface area contributed by atoms with Crippen molar-refractivity contribution >= 4 is 25.6 Å². The summed E-state index contributed by atoms with van der Waals surface area (Å²) in [6.07, 6.45) is 0. The van der Waals surface area contributed by atoms with Crippen LogP contribution in [0.4, 0.5) is 0 Å². The number of aliphatic imine (C=N–C) groups is 1. The maximum atomic E-state index is 6.61. The molecule has 0 spiro atoms. The van der Waals surface area contributed by atoms with Crippen LogP contribution in [0, 0.1) is 6.92 Å². The Morgan fingerprint density at radius 2 is 1.76 bits per heavy atom. The second-order valence-electron chi connectivity index (χ2n) is 9.90. The maximum Gasteiger partial charge on any atom is 0.192 e. The minimum atomic E-state index is -1.99. The Kier molecular flexibility index (Phi) is 6.24. The first kappa shape index (κ1) is 23.7.